The highest BCUT2D eigenvalue weighted by Gasteiger charge is 2.33. The molecule has 0 N–H and O–H groups in total. The molecule has 0 radical (unpaired) electrons. The van der Waals surface area contributed by atoms with Crippen LogP contribution in [0.25, 0.3) is 128 Å². The summed E-state index contributed by atoms with van der Waals surface area (Å²) in [5.41, 5.74) is 29.2. The van der Waals surface area contributed by atoms with Gasteiger partial charge in [-0.2, -0.15) is 0 Å². The summed E-state index contributed by atoms with van der Waals surface area (Å²) < 4.78 is 3.61. The Balaban J connectivity index is 0.000000139. The van der Waals surface area contributed by atoms with Crippen LogP contribution in [0.5, 0.6) is 0 Å². The number of hydrogen-bond acceptors (Lipinski definition) is 0. The monoisotopic (exact) mass is 1170 g/mol. The van der Waals surface area contributed by atoms with Gasteiger partial charge < -0.3 is 4.57 Å². The molecule has 1 aliphatic carbocycles. The van der Waals surface area contributed by atoms with E-state index in [-0.39, 0.29) is 0 Å². The number of nitrogens with zero attached hydrogens (tertiary/aromatic N) is 1. The summed E-state index contributed by atoms with van der Waals surface area (Å²) in [6, 6.07) is 126. The van der Waals surface area contributed by atoms with Crippen LogP contribution in [0.2, 0.25) is 0 Å². The summed E-state index contributed by atoms with van der Waals surface area (Å²) in [6.07, 6.45) is 0.935. The Kier molecular flexibility index (Phi) is 15.5. The minimum Gasteiger partial charge on any atom is -0.309 e. The molecule has 1 heterocycles. The number of aromatic nitrogens is 1. The van der Waals surface area contributed by atoms with Gasteiger partial charge >= 0.3 is 0 Å². The van der Waals surface area contributed by atoms with E-state index in [1.165, 1.54) is 133 Å². The summed E-state index contributed by atoms with van der Waals surface area (Å²) >= 11 is 3.31. The molecule has 0 bridgehead atoms. The van der Waals surface area contributed by atoms with Crippen LogP contribution < -0.4 is 0 Å². The van der Waals surface area contributed by atoms with Crippen molar-refractivity contribution < 1.29 is 0 Å². The Morgan fingerprint density at radius 3 is 0.966 bits per heavy atom. The Morgan fingerprint density at radius 2 is 0.540 bits per heavy atom. The minimum atomic E-state index is 0.935. The van der Waals surface area contributed by atoms with E-state index in [2.05, 4.69) is 342 Å². The van der Waals surface area contributed by atoms with Crippen molar-refractivity contribution in [3.05, 3.63) is 367 Å². The molecule has 1 nitrogen and oxygen atoms in total. The van der Waals surface area contributed by atoms with E-state index in [1.54, 1.807) is 0 Å². The van der Waals surface area contributed by atoms with Gasteiger partial charge in [0.2, 0.25) is 0 Å². The van der Waals surface area contributed by atoms with Gasteiger partial charge in [-0.05, 0) is 131 Å². The van der Waals surface area contributed by atoms with E-state index in [9.17, 15) is 0 Å². The molecule has 0 amide bonds. The van der Waals surface area contributed by atoms with Crippen molar-refractivity contribution in [2.75, 3.05) is 0 Å². The smallest absolute Gasteiger partial charge is 0.0632 e. The molecular weight excluding hydrogens is 1110 g/mol. The zero-order chi connectivity index (χ0) is 58.3. The zero-order valence-electron chi connectivity index (χ0n) is 48.0. The van der Waals surface area contributed by atoms with E-state index in [1.807, 2.05) is 30.3 Å². The molecule has 1 aromatic heterocycles. The third kappa shape index (κ3) is 10.6. The lowest BCUT2D eigenvalue weighted by Gasteiger charge is -2.25. The minimum absolute atomic E-state index is 0.935. The topological polar surface area (TPSA) is 4.93 Å². The molecule has 14 aromatic carbocycles. The van der Waals surface area contributed by atoms with E-state index in [4.69, 9.17) is 0 Å². The number of rotatable bonds is 9. The quantitative estimate of drug-likeness (QED) is 0.136. The van der Waals surface area contributed by atoms with Crippen LogP contribution in [0.4, 0.5) is 0 Å². The second kappa shape index (κ2) is 24.9. The van der Waals surface area contributed by atoms with Crippen molar-refractivity contribution in [3.63, 3.8) is 0 Å². The van der Waals surface area contributed by atoms with Gasteiger partial charge in [-0.1, -0.05) is 337 Å². The van der Waals surface area contributed by atoms with Gasteiger partial charge in [0.25, 0.3) is 0 Å². The largest absolute Gasteiger partial charge is 0.309 e. The molecule has 0 spiro atoms. The molecular formula is C85H60BrN. The van der Waals surface area contributed by atoms with Crippen LogP contribution in [0.15, 0.2) is 356 Å². The fourth-order valence-electron chi connectivity index (χ4n) is 13.0. The molecule has 2 heteroatoms. The maximum Gasteiger partial charge on any atom is 0.0632 e. The highest BCUT2D eigenvalue weighted by molar-refractivity contribution is 9.10. The molecule has 0 atom stereocenters. The first kappa shape index (κ1) is 54.3. The molecule has 16 rings (SSSR count). The molecule has 1 aliphatic rings. The Hall–Kier alpha value is -10.6. The van der Waals surface area contributed by atoms with E-state index < -0.39 is 0 Å². The molecule has 15 aromatic rings. The molecule has 0 aliphatic heterocycles. The summed E-state index contributed by atoms with van der Waals surface area (Å²) in [5.74, 6) is 0. The first-order chi connectivity index (χ1) is 43.2. The molecule has 0 saturated heterocycles. The number of benzene rings is 14. The molecule has 412 valence electrons. The number of halogens is 1. The summed E-state index contributed by atoms with van der Waals surface area (Å²) in [4.78, 5) is 0. The van der Waals surface area contributed by atoms with Gasteiger partial charge in [-0.25, -0.2) is 0 Å². The lowest BCUT2D eigenvalue weighted by molar-refractivity contribution is 1.18. The van der Waals surface area contributed by atoms with Gasteiger partial charge in [0.1, 0.15) is 0 Å². The molecule has 87 heavy (non-hydrogen) atoms. The highest BCUT2D eigenvalue weighted by atomic mass is 79.9. The maximum atomic E-state index is 3.31. The second-order valence-electron chi connectivity index (χ2n) is 21.8. The average Bonchev–Trinajstić information content (AvgIpc) is 1.66. The lowest BCUT2D eigenvalue weighted by atomic mass is 9.77. The number of hydrogen-bond donors (Lipinski definition) is 0. The third-order valence-electron chi connectivity index (χ3n) is 16.6. The van der Waals surface area contributed by atoms with Crippen LogP contribution in [0.3, 0.4) is 0 Å². The van der Waals surface area contributed by atoms with Crippen LogP contribution in [-0.4, -0.2) is 4.57 Å². The van der Waals surface area contributed by atoms with E-state index >= 15 is 0 Å². The first-order valence-corrected chi connectivity index (χ1v) is 30.6. The van der Waals surface area contributed by atoms with Crippen molar-refractivity contribution in [1.29, 1.82) is 0 Å². The Morgan fingerprint density at radius 1 is 0.241 bits per heavy atom. The fourth-order valence-corrected chi connectivity index (χ4v) is 13.3. The second-order valence-corrected chi connectivity index (χ2v) is 22.7. The van der Waals surface area contributed by atoms with Gasteiger partial charge in [-0.3, -0.25) is 0 Å². The van der Waals surface area contributed by atoms with Gasteiger partial charge in [-0.15, -0.1) is 0 Å². The van der Waals surface area contributed by atoms with Crippen LogP contribution in [0.1, 0.15) is 11.1 Å². The fraction of sp³-hybridized carbons (Fsp3) is 0.0118. The van der Waals surface area contributed by atoms with Gasteiger partial charge in [0.15, 0.2) is 0 Å². The van der Waals surface area contributed by atoms with Crippen LogP contribution in [0, 0.1) is 0 Å². The molecule has 0 fully saturated rings. The summed E-state index contributed by atoms with van der Waals surface area (Å²) in [6.45, 7) is 0. The van der Waals surface area contributed by atoms with E-state index in [0.717, 1.165) is 16.6 Å². The Bertz CT molecular complexity index is 4800. The highest BCUT2D eigenvalue weighted by Crippen LogP contribution is 2.57. The first-order valence-electron chi connectivity index (χ1n) is 29.8. The van der Waals surface area contributed by atoms with Gasteiger partial charge in [0, 0.05) is 37.6 Å². The number of para-hydroxylation sites is 2. The van der Waals surface area contributed by atoms with Crippen molar-refractivity contribution >= 4 is 37.7 Å². The van der Waals surface area contributed by atoms with Crippen molar-refractivity contribution in [3.8, 4) is 106 Å². The van der Waals surface area contributed by atoms with Crippen molar-refractivity contribution in [2.45, 2.75) is 6.42 Å². The maximum absolute atomic E-state index is 3.31. The van der Waals surface area contributed by atoms with Gasteiger partial charge in [0.05, 0.1) is 11.0 Å². The normalized spacial score (nSPS) is 11.2. The lowest BCUT2D eigenvalue weighted by Crippen LogP contribution is -2.00. The summed E-state index contributed by atoms with van der Waals surface area (Å²) in [7, 11) is 0. The predicted molar refractivity (Wildman–Crippen MR) is 373 cm³/mol. The third-order valence-corrected chi connectivity index (χ3v) is 17.1. The predicted octanol–water partition coefficient (Wildman–Crippen LogP) is 23.8. The Labute approximate surface area is 518 Å². The van der Waals surface area contributed by atoms with Crippen molar-refractivity contribution in [2.24, 2.45) is 0 Å². The summed E-state index contributed by atoms with van der Waals surface area (Å²) in [5, 5.41) is 2.51. The number of fused-ring (bicyclic) bond motifs is 6. The van der Waals surface area contributed by atoms with Crippen LogP contribution in [-0.2, 0) is 6.42 Å². The van der Waals surface area contributed by atoms with Crippen molar-refractivity contribution in [1.82, 2.24) is 4.57 Å². The SMILES string of the molecule is Brc1ccccc1.c1ccc(-c2c(-c3ccccc3)c(-c3ccccc3)c3c(c2-c2ccccc2)c2ccccc2n3-c2ccccc2)cc1.c1ccc(-c2c3c(c(-c4ccccc4)c(-c4ccccc4)c2-c2ccccc2)-c2ccccc2C3)cc1. The van der Waals surface area contributed by atoms with Crippen LogP contribution >= 0.6 is 15.9 Å². The zero-order valence-corrected chi connectivity index (χ0v) is 49.6. The standard InChI is InChI=1S/C42H29N.C37H26.C6H5Br/c1-6-18-30(19-7-1)37-38(31-20-8-2-9-21-31)40(33-24-12-4-13-25-33)42-41(39(37)32-22-10-3-11-23-32)35-28-16-17-29-36(35)43(42)34-26-14-5-15-27-34;1-5-15-26(16-6-1)33-32-25-30-23-13-14-24-31(30)37(32)36(29-21-11-4-12-22-29)35(28-19-9-3-10-20-28)34(33)27-17-7-2-8-18-27;7-6-4-2-1-3-5-6/h1-29H;1-24H,25H2;1-5H. The molecule has 0 saturated carbocycles. The molecule has 0 unspecified atom stereocenters. The average molecular weight is 1180 g/mol. The van der Waals surface area contributed by atoms with E-state index in [0.29, 0.717) is 0 Å².